The minimum Gasteiger partial charge on any atom is -0.478 e. The van der Waals surface area contributed by atoms with Crippen LogP contribution in [0.2, 0.25) is 0 Å². The van der Waals surface area contributed by atoms with Gasteiger partial charge < -0.3 is 10.1 Å². The maximum atomic E-state index is 11.8. The van der Waals surface area contributed by atoms with Crippen molar-refractivity contribution in [3.63, 3.8) is 0 Å². The number of H-pyrrole nitrogens is 1. The molecule has 2 aromatic rings. The fraction of sp³-hybridized carbons (Fsp3) is 0.250. The summed E-state index contributed by atoms with van der Waals surface area (Å²) >= 11 is 0. The molecule has 18 heavy (non-hydrogen) atoms. The molecular formula is C12H13N3O3. The van der Waals surface area contributed by atoms with Gasteiger partial charge in [0.05, 0.1) is 5.69 Å². The second-order valence-corrected chi connectivity index (χ2v) is 4.19. The van der Waals surface area contributed by atoms with E-state index in [0.717, 1.165) is 0 Å². The molecule has 6 heteroatoms. The summed E-state index contributed by atoms with van der Waals surface area (Å²) in [6.07, 6.45) is 4.59. The number of aromatic carboxylic acids is 1. The van der Waals surface area contributed by atoms with Gasteiger partial charge >= 0.3 is 11.7 Å². The Hall–Kier alpha value is -2.37. The number of hydrogen-bond acceptors (Lipinski definition) is 3. The van der Waals surface area contributed by atoms with E-state index in [-0.39, 0.29) is 17.3 Å². The van der Waals surface area contributed by atoms with Crippen molar-refractivity contribution in [2.75, 3.05) is 0 Å². The first-order valence-corrected chi connectivity index (χ1v) is 5.50. The third-order valence-corrected chi connectivity index (χ3v) is 2.61. The molecule has 0 saturated carbocycles. The first-order chi connectivity index (χ1) is 8.50. The van der Waals surface area contributed by atoms with E-state index >= 15 is 0 Å². The summed E-state index contributed by atoms with van der Waals surface area (Å²) < 4.78 is 1.31. The van der Waals surface area contributed by atoms with Gasteiger partial charge in [0, 0.05) is 30.2 Å². The number of aromatic nitrogens is 3. The number of carboxylic acid groups (broad SMARTS) is 1. The van der Waals surface area contributed by atoms with Crippen LogP contribution in [0.4, 0.5) is 0 Å². The molecule has 0 spiro atoms. The zero-order chi connectivity index (χ0) is 13.3. The first kappa shape index (κ1) is 12.1. The van der Waals surface area contributed by atoms with Crippen molar-refractivity contribution in [2.45, 2.75) is 19.9 Å². The van der Waals surface area contributed by atoms with Gasteiger partial charge in [-0.3, -0.25) is 4.57 Å². The lowest BCUT2D eigenvalue weighted by Gasteiger charge is -2.11. The molecular weight excluding hydrogens is 234 g/mol. The van der Waals surface area contributed by atoms with E-state index in [1.165, 1.54) is 10.8 Å². The minimum absolute atomic E-state index is 0.0166. The summed E-state index contributed by atoms with van der Waals surface area (Å²) in [5.74, 6) is -1.10. The zero-order valence-electron chi connectivity index (χ0n) is 10.0. The molecule has 2 heterocycles. The second-order valence-electron chi connectivity index (χ2n) is 4.19. The maximum absolute atomic E-state index is 11.8. The van der Waals surface area contributed by atoms with Crippen LogP contribution in [0.1, 0.15) is 30.2 Å². The summed E-state index contributed by atoms with van der Waals surface area (Å²) in [5.41, 5.74) is 0.333. The monoisotopic (exact) mass is 247 g/mol. The Morgan fingerprint density at radius 2 is 2.22 bits per heavy atom. The second kappa shape index (κ2) is 4.48. The van der Waals surface area contributed by atoms with Gasteiger partial charge in [-0.15, -0.1) is 0 Å². The van der Waals surface area contributed by atoms with Gasteiger partial charge in [-0.1, -0.05) is 0 Å². The molecule has 2 aromatic heterocycles. The number of hydrogen-bond donors (Lipinski definition) is 2. The van der Waals surface area contributed by atoms with E-state index in [2.05, 4.69) is 9.97 Å². The van der Waals surface area contributed by atoms with Crippen LogP contribution in [0, 0.1) is 0 Å². The van der Waals surface area contributed by atoms with Crippen LogP contribution in [0.25, 0.3) is 11.3 Å². The predicted molar refractivity (Wildman–Crippen MR) is 65.6 cm³/mol. The van der Waals surface area contributed by atoms with Gasteiger partial charge in [-0.25, -0.2) is 9.59 Å². The van der Waals surface area contributed by atoms with Crippen LogP contribution in [0.5, 0.6) is 0 Å². The Labute approximate surface area is 103 Å². The molecule has 94 valence electrons. The molecule has 0 aliphatic carbocycles. The van der Waals surface area contributed by atoms with Crippen molar-refractivity contribution in [1.82, 2.24) is 14.5 Å². The minimum atomic E-state index is -1.10. The maximum Gasteiger partial charge on any atom is 0.348 e. The summed E-state index contributed by atoms with van der Waals surface area (Å²) in [6, 6.07) is 1.54. The SMILES string of the molecule is CC(C)n1cc(C(=O)O)c(-c2cc[nH]c2)nc1=O. The van der Waals surface area contributed by atoms with E-state index in [4.69, 9.17) is 0 Å². The van der Waals surface area contributed by atoms with E-state index in [9.17, 15) is 14.7 Å². The number of aromatic amines is 1. The average Bonchev–Trinajstić information content (AvgIpc) is 2.80. The zero-order valence-corrected chi connectivity index (χ0v) is 10.0. The number of carboxylic acids is 1. The molecule has 2 N–H and O–H groups in total. The van der Waals surface area contributed by atoms with E-state index < -0.39 is 11.7 Å². The normalized spacial score (nSPS) is 10.8. The van der Waals surface area contributed by atoms with Crippen LogP contribution < -0.4 is 5.69 Å². The summed E-state index contributed by atoms with van der Waals surface area (Å²) in [5, 5.41) is 9.20. The Bertz CT molecular complexity index is 627. The highest BCUT2D eigenvalue weighted by Crippen LogP contribution is 2.20. The van der Waals surface area contributed by atoms with Gasteiger partial charge in [0.2, 0.25) is 0 Å². The van der Waals surface area contributed by atoms with Crippen LogP contribution >= 0.6 is 0 Å². The average molecular weight is 247 g/mol. The lowest BCUT2D eigenvalue weighted by molar-refractivity contribution is 0.0696. The van der Waals surface area contributed by atoms with Gasteiger partial charge in [-0.05, 0) is 19.9 Å². The van der Waals surface area contributed by atoms with Gasteiger partial charge in [0.1, 0.15) is 5.56 Å². The van der Waals surface area contributed by atoms with Crippen LogP contribution in [0.3, 0.4) is 0 Å². The Balaban J connectivity index is 2.71. The highest BCUT2D eigenvalue weighted by molar-refractivity contribution is 5.94. The van der Waals surface area contributed by atoms with E-state index in [1.54, 1.807) is 32.3 Å². The molecule has 0 amide bonds. The van der Waals surface area contributed by atoms with E-state index in [1.807, 2.05) is 0 Å². The van der Waals surface area contributed by atoms with Crippen molar-refractivity contribution in [3.05, 3.63) is 40.7 Å². The Morgan fingerprint density at radius 1 is 1.50 bits per heavy atom. The van der Waals surface area contributed by atoms with Gasteiger partial charge in [0.15, 0.2) is 0 Å². The third-order valence-electron chi connectivity index (χ3n) is 2.61. The smallest absolute Gasteiger partial charge is 0.348 e. The van der Waals surface area contributed by atoms with E-state index in [0.29, 0.717) is 5.56 Å². The van der Waals surface area contributed by atoms with Crippen LogP contribution in [-0.4, -0.2) is 25.6 Å². The van der Waals surface area contributed by atoms with Crippen molar-refractivity contribution in [3.8, 4) is 11.3 Å². The summed E-state index contributed by atoms with van der Waals surface area (Å²) in [4.78, 5) is 29.7. The van der Waals surface area contributed by atoms with Crippen molar-refractivity contribution in [2.24, 2.45) is 0 Å². The largest absolute Gasteiger partial charge is 0.478 e. The quantitative estimate of drug-likeness (QED) is 0.860. The summed E-state index contributed by atoms with van der Waals surface area (Å²) in [7, 11) is 0. The molecule has 0 aliphatic heterocycles. The topological polar surface area (TPSA) is 88.0 Å². The number of nitrogens with one attached hydrogen (secondary N) is 1. The fourth-order valence-corrected chi connectivity index (χ4v) is 1.69. The summed E-state index contributed by atoms with van der Waals surface area (Å²) in [6.45, 7) is 3.59. The Morgan fingerprint density at radius 3 is 2.72 bits per heavy atom. The lowest BCUT2D eigenvalue weighted by atomic mass is 10.1. The molecule has 0 radical (unpaired) electrons. The fourth-order valence-electron chi connectivity index (χ4n) is 1.69. The molecule has 0 atom stereocenters. The van der Waals surface area contributed by atoms with Gasteiger partial charge in [-0.2, -0.15) is 4.98 Å². The number of nitrogens with zero attached hydrogens (tertiary/aromatic N) is 2. The molecule has 0 saturated heterocycles. The third kappa shape index (κ3) is 2.04. The first-order valence-electron chi connectivity index (χ1n) is 5.50. The van der Waals surface area contributed by atoms with Crippen molar-refractivity contribution < 1.29 is 9.90 Å². The molecule has 0 bridgehead atoms. The van der Waals surface area contributed by atoms with Crippen molar-refractivity contribution in [1.29, 1.82) is 0 Å². The lowest BCUT2D eigenvalue weighted by Crippen LogP contribution is -2.26. The molecule has 0 unspecified atom stereocenters. The molecule has 6 nitrogen and oxygen atoms in total. The standard InChI is InChI=1S/C12H13N3O3/c1-7(2)15-6-9(11(16)17)10(14-12(15)18)8-3-4-13-5-8/h3-7,13H,1-2H3,(H,16,17). The van der Waals surface area contributed by atoms with Gasteiger partial charge in [0.25, 0.3) is 0 Å². The number of rotatable bonds is 3. The Kier molecular flexibility index (Phi) is 3.01. The van der Waals surface area contributed by atoms with Crippen molar-refractivity contribution >= 4 is 5.97 Å². The molecule has 2 rings (SSSR count). The molecule has 0 aliphatic rings. The highest BCUT2D eigenvalue weighted by Gasteiger charge is 2.17. The number of carbonyl (C=O) groups is 1. The highest BCUT2D eigenvalue weighted by atomic mass is 16.4. The molecule has 0 aromatic carbocycles. The van der Waals surface area contributed by atoms with Crippen LogP contribution in [0.15, 0.2) is 29.5 Å². The van der Waals surface area contributed by atoms with Crippen LogP contribution in [-0.2, 0) is 0 Å². The molecule has 0 fully saturated rings. The predicted octanol–water partition coefficient (Wildman–Crippen LogP) is 1.52.